The predicted molar refractivity (Wildman–Crippen MR) is 126 cm³/mol. The molecule has 0 bridgehead atoms. The van der Waals surface area contributed by atoms with Gasteiger partial charge in [0, 0.05) is 42.9 Å². The van der Waals surface area contributed by atoms with Crippen LogP contribution in [-0.2, 0) is 15.7 Å². The zero-order valence-electron chi connectivity index (χ0n) is 18.5. The Morgan fingerprint density at radius 1 is 1.30 bits per heavy atom. The minimum absolute atomic E-state index is 0.0541. The second-order valence-corrected chi connectivity index (χ2v) is 10.4. The first-order valence-corrected chi connectivity index (χ1v) is 12.7. The fourth-order valence-corrected chi connectivity index (χ4v) is 4.28. The fraction of sp³-hybridized carbons (Fsp3) is 0.348. The number of sulfone groups is 1. The van der Waals surface area contributed by atoms with Gasteiger partial charge in [0.15, 0.2) is 9.84 Å². The number of rotatable bonds is 8. The molecule has 2 N–H and O–H groups in total. The number of ether oxygens (including phenoxy) is 1. The summed E-state index contributed by atoms with van der Waals surface area (Å²) in [5.74, 6) is 0.692. The maximum atomic E-state index is 11.5. The van der Waals surface area contributed by atoms with Crippen LogP contribution < -0.4 is 15.4 Å². The lowest BCUT2D eigenvalue weighted by atomic mass is 10.00. The van der Waals surface area contributed by atoms with Crippen molar-refractivity contribution in [3.05, 3.63) is 60.0 Å². The zero-order valence-corrected chi connectivity index (χ0v) is 19.3. The van der Waals surface area contributed by atoms with E-state index < -0.39 is 9.84 Å². The number of anilines is 1. The van der Waals surface area contributed by atoms with Crippen molar-refractivity contribution >= 4 is 15.5 Å². The van der Waals surface area contributed by atoms with Crippen molar-refractivity contribution in [1.82, 2.24) is 20.1 Å². The van der Waals surface area contributed by atoms with Crippen LogP contribution in [0.2, 0.25) is 0 Å². The van der Waals surface area contributed by atoms with E-state index in [1.807, 2.05) is 30.3 Å². The Kier molecular flexibility index (Phi) is 6.62. The van der Waals surface area contributed by atoms with E-state index in [0.717, 1.165) is 23.4 Å². The van der Waals surface area contributed by atoms with Crippen molar-refractivity contribution in [2.75, 3.05) is 31.2 Å². The molecule has 2 aromatic heterocycles. The molecule has 3 aromatic rings. The van der Waals surface area contributed by atoms with Gasteiger partial charge in [-0.1, -0.05) is 19.1 Å². The minimum Gasteiger partial charge on any atom is -0.470 e. The summed E-state index contributed by atoms with van der Waals surface area (Å²) in [6.45, 7) is 4.26. The van der Waals surface area contributed by atoms with Gasteiger partial charge in [-0.05, 0) is 29.7 Å². The number of nitrogens with one attached hydrogen (secondary N) is 2. The van der Waals surface area contributed by atoms with Crippen molar-refractivity contribution in [3.63, 3.8) is 0 Å². The molecule has 0 radical (unpaired) electrons. The van der Waals surface area contributed by atoms with Crippen LogP contribution in [0.1, 0.15) is 24.0 Å². The van der Waals surface area contributed by atoms with E-state index in [-0.39, 0.29) is 12.0 Å². The van der Waals surface area contributed by atoms with Gasteiger partial charge in [0.1, 0.15) is 12.0 Å². The summed E-state index contributed by atoms with van der Waals surface area (Å²) in [6, 6.07) is 11.7. The molecule has 1 aromatic carbocycles. The van der Waals surface area contributed by atoms with Crippen molar-refractivity contribution in [2.45, 2.75) is 24.8 Å². The van der Waals surface area contributed by atoms with E-state index in [0.29, 0.717) is 30.5 Å². The lowest BCUT2D eigenvalue weighted by Gasteiger charge is -2.27. The van der Waals surface area contributed by atoms with Gasteiger partial charge in [0.2, 0.25) is 5.88 Å². The molecule has 4 rings (SSSR count). The molecular formula is C23H26N6O3S. The fourth-order valence-electron chi connectivity index (χ4n) is 3.66. The lowest BCUT2D eigenvalue weighted by molar-refractivity contribution is 0.193. The molecule has 3 heterocycles. The number of aromatic nitrogens is 3. The Labute approximate surface area is 193 Å². The third kappa shape index (κ3) is 5.88. The van der Waals surface area contributed by atoms with E-state index in [1.165, 1.54) is 16.5 Å². The maximum absolute atomic E-state index is 11.5. The summed E-state index contributed by atoms with van der Waals surface area (Å²) in [5, 5.41) is 19.9. The second-order valence-electron chi connectivity index (χ2n) is 8.31. The van der Waals surface area contributed by atoms with Gasteiger partial charge in [0.05, 0.1) is 30.1 Å². The summed E-state index contributed by atoms with van der Waals surface area (Å²) in [6.07, 6.45) is 6.14. The normalized spacial score (nSPS) is 16.2. The predicted octanol–water partition coefficient (Wildman–Crippen LogP) is 2.39. The highest BCUT2D eigenvalue weighted by Crippen LogP contribution is 2.31. The molecule has 0 spiro atoms. The first-order chi connectivity index (χ1) is 15.8. The van der Waals surface area contributed by atoms with E-state index >= 15 is 0 Å². The number of nitriles is 1. The van der Waals surface area contributed by atoms with Crippen LogP contribution in [0.3, 0.4) is 0 Å². The van der Waals surface area contributed by atoms with Gasteiger partial charge in [-0.25, -0.2) is 13.4 Å². The monoisotopic (exact) mass is 466 g/mol. The number of nitrogens with zero attached hydrogens (tertiary/aromatic N) is 4. The molecule has 0 aliphatic carbocycles. The quantitative estimate of drug-likeness (QED) is 0.519. The van der Waals surface area contributed by atoms with Gasteiger partial charge < -0.3 is 15.4 Å². The van der Waals surface area contributed by atoms with Crippen LogP contribution in [0.4, 0.5) is 5.69 Å². The SMILES string of the molecule is CC(CNCC1CNc2cc(-c3cnn(CS(C)(=O)=O)c3)cnc2O1)c1ccc(C#N)cc1. The van der Waals surface area contributed by atoms with E-state index in [4.69, 9.17) is 10.00 Å². The molecule has 33 heavy (non-hydrogen) atoms. The van der Waals surface area contributed by atoms with E-state index in [1.54, 1.807) is 18.6 Å². The summed E-state index contributed by atoms with van der Waals surface area (Å²) in [5.41, 5.74) is 4.26. The van der Waals surface area contributed by atoms with E-state index in [9.17, 15) is 8.42 Å². The third-order valence-corrected chi connectivity index (χ3v) is 6.15. The summed E-state index contributed by atoms with van der Waals surface area (Å²) in [4.78, 5) is 4.44. The molecule has 172 valence electrons. The first kappa shape index (κ1) is 22.8. The summed E-state index contributed by atoms with van der Waals surface area (Å²) >= 11 is 0. The molecule has 0 fully saturated rings. The Morgan fingerprint density at radius 3 is 2.82 bits per heavy atom. The van der Waals surface area contributed by atoms with Crippen molar-refractivity contribution in [2.24, 2.45) is 0 Å². The molecule has 0 amide bonds. The first-order valence-electron chi connectivity index (χ1n) is 10.6. The molecular weight excluding hydrogens is 440 g/mol. The highest BCUT2D eigenvalue weighted by Gasteiger charge is 2.21. The van der Waals surface area contributed by atoms with Gasteiger partial charge >= 0.3 is 0 Å². The molecule has 9 nitrogen and oxygen atoms in total. The molecule has 1 aliphatic rings. The average Bonchev–Trinajstić information content (AvgIpc) is 3.25. The largest absolute Gasteiger partial charge is 0.470 e. The van der Waals surface area contributed by atoms with Crippen molar-refractivity contribution in [3.8, 4) is 23.1 Å². The smallest absolute Gasteiger partial charge is 0.237 e. The standard InChI is InChI=1S/C23H26N6O3S/c1-16(18-5-3-17(8-24)4-6-18)9-25-12-21-13-26-22-7-19(10-27-23(22)32-21)20-11-28-29(14-20)15-33(2,30)31/h3-7,10-11,14,16,21,25-26H,9,12-13,15H2,1-2H3. The molecule has 0 saturated carbocycles. The lowest BCUT2D eigenvalue weighted by Crippen LogP contribution is -2.40. The zero-order chi connectivity index (χ0) is 23.4. The number of benzene rings is 1. The Balaban J connectivity index is 1.31. The van der Waals surface area contributed by atoms with Crippen molar-refractivity contribution in [1.29, 1.82) is 5.26 Å². The Bertz CT molecular complexity index is 1260. The maximum Gasteiger partial charge on any atom is 0.237 e. The Morgan fingerprint density at radius 2 is 2.09 bits per heavy atom. The number of hydrogen-bond donors (Lipinski definition) is 2. The van der Waals surface area contributed by atoms with Crippen LogP contribution in [0.5, 0.6) is 5.88 Å². The molecule has 1 aliphatic heterocycles. The van der Waals surface area contributed by atoms with Crippen LogP contribution in [-0.4, -0.2) is 55.2 Å². The minimum atomic E-state index is -3.16. The van der Waals surface area contributed by atoms with Gasteiger partial charge in [-0.3, -0.25) is 4.68 Å². The average molecular weight is 467 g/mol. The Hall–Kier alpha value is -3.42. The number of fused-ring (bicyclic) bond motifs is 1. The van der Waals surface area contributed by atoms with Crippen LogP contribution in [0.25, 0.3) is 11.1 Å². The van der Waals surface area contributed by atoms with Gasteiger partial charge in [0.25, 0.3) is 0 Å². The summed E-state index contributed by atoms with van der Waals surface area (Å²) < 4.78 is 30.4. The number of hydrogen-bond acceptors (Lipinski definition) is 8. The third-order valence-electron chi connectivity index (χ3n) is 5.41. The number of pyridine rings is 1. The molecule has 2 unspecified atom stereocenters. The van der Waals surface area contributed by atoms with Gasteiger partial charge in [-0.2, -0.15) is 10.4 Å². The molecule has 2 atom stereocenters. The summed E-state index contributed by atoms with van der Waals surface area (Å²) in [7, 11) is -3.16. The highest BCUT2D eigenvalue weighted by atomic mass is 32.2. The topological polar surface area (TPSA) is 122 Å². The van der Waals surface area contributed by atoms with Crippen LogP contribution in [0.15, 0.2) is 48.9 Å². The van der Waals surface area contributed by atoms with Gasteiger partial charge in [-0.15, -0.1) is 0 Å². The van der Waals surface area contributed by atoms with Crippen LogP contribution in [0, 0.1) is 11.3 Å². The van der Waals surface area contributed by atoms with E-state index in [2.05, 4.69) is 33.7 Å². The highest BCUT2D eigenvalue weighted by molar-refractivity contribution is 7.89. The van der Waals surface area contributed by atoms with Crippen LogP contribution >= 0.6 is 0 Å². The molecule has 0 saturated heterocycles. The second kappa shape index (κ2) is 9.60. The van der Waals surface area contributed by atoms with Crippen molar-refractivity contribution < 1.29 is 13.2 Å². The molecule has 10 heteroatoms.